The second kappa shape index (κ2) is 57.9. The lowest BCUT2D eigenvalue weighted by atomic mass is 10.0. The minimum atomic E-state index is -0.851. The molecular formula is C62H119NO5. The third kappa shape index (κ3) is 53.7. The highest BCUT2D eigenvalue weighted by Crippen LogP contribution is 2.18. The maximum absolute atomic E-state index is 12.5. The molecule has 0 saturated carbocycles. The van der Waals surface area contributed by atoms with E-state index in [1.807, 2.05) is 6.08 Å². The Labute approximate surface area is 424 Å². The van der Waals surface area contributed by atoms with Gasteiger partial charge in [-0.2, -0.15) is 0 Å². The van der Waals surface area contributed by atoms with E-state index in [1.165, 1.54) is 257 Å². The molecule has 6 heteroatoms. The number of aliphatic hydroxyl groups is 2. The van der Waals surface area contributed by atoms with E-state index in [0.717, 1.165) is 51.4 Å². The first kappa shape index (κ1) is 66.3. The van der Waals surface area contributed by atoms with Gasteiger partial charge in [0, 0.05) is 12.8 Å². The Morgan fingerprint density at radius 1 is 0.397 bits per heavy atom. The Balaban J connectivity index is 3.47. The monoisotopic (exact) mass is 958 g/mol. The van der Waals surface area contributed by atoms with Gasteiger partial charge in [0.1, 0.15) is 0 Å². The number of carbonyl (C=O) groups is 2. The van der Waals surface area contributed by atoms with Crippen LogP contribution in [0.1, 0.15) is 335 Å². The molecule has 0 spiro atoms. The number of unbranched alkanes of at least 4 members (excludes halogenated alkanes) is 44. The highest BCUT2D eigenvalue weighted by molar-refractivity contribution is 5.76. The van der Waals surface area contributed by atoms with E-state index in [1.54, 1.807) is 6.08 Å². The predicted molar refractivity (Wildman–Crippen MR) is 296 cm³/mol. The van der Waals surface area contributed by atoms with Gasteiger partial charge in [-0.25, -0.2) is 0 Å². The first-order valence-electron chi connectivity index (χ1n) is 30.6. The molecule has 6 nitrogen and oxygen atoms in total. The summed E-state index contributed by atoms with van der Waals surface area (Å²) in [5.41, 5.74) is 0. The van der Waals surface area contributed by atoms with Crippen molar-refractivity contribution in [3.63, 3.8) is 0 Å². The van der Waals surface area contributed by atoms with E-state index in [4.69, 9.17) is 4.74 Å². The van der Waals surface area contributed by atoms with Gasteiger partial charge in [-0.15, -0.1) is 0 Å². The summed E-state index contributed by atoms with van der Waals surface area (Å²) in [6, 6.07) is -0.635. The summed E-state index contributed by atoms with van der Waals surface area (Å²) < 4.78 is 5.46. The minimum Gasteiger partial charge on any atom is -0.466 e. The van der Waals surface area contributed by atoms with Crippen LogP contribution in [0.25, 0.3) is 0 Å². The van der Waals surface area contributed by atoms with Crippen LogP contribution in [-0.4, -0.2) is 47.4 Å². The first-order valence-corrected chi connectivity index (χ1v) is 30.6. The van der Waals surface area contributed by atoms with Crippen molar-refractivity contribution in [2.75, 3.05) is 13.2 Å². The van der Waals surface area contributed by atoms with Crippen LogP contribution in [0.4, 0.5) is 0 Å². The van der Waals surface area contributed by atoms with E-state index in [-0.39, 0.29) is 18.5 Å². The van der Waals surface area contributed by atoms with Gasteiger partial charge in [-0.3, -0.25) is 9.59 Å². The molecule has 2 unspecified atom stereocenters. The molecule has 0 rings (SSSR count). The standard InChI is InChI=1S/C62H119NO5/c1-3-5-7-9-11-13-15-17-18-19-20-21-22-23-24-25-26-28-31-34-38-42-46-50-54-60(65)59(58-64)63-61(66)55-51-47-43-39-35-32-29-27-30-33-37-41-45-49-53-57-68-62(67)56-52-48-44-40-36-16-14-12-10-8-6-4-2/h12,14,50,54,59-60,64-65H,3-11,13,15-49,51-53,55-58H2,1-2H3,(H,63,66)/b14-12-,54-50+. The van der Waals surface area contributed by atoms with Crippen LogP contribution in [0.2, 0.25) is 0 Å². The highest BCUT2D eigenvalue weighted by Gasteiger charge is 2.18. The van der Waals surface area contributed by atoms with Gasteiger partial charge in [0.15, 0.2) is 0 Å². The molecule has 0 fully saturated rings. The van der Waals surface area contributed by atoms with Gasteiger partial charge < -0.3 is 20.3 Å². The lowest BCUT2D eigenvalue weighted by Gasteiger charge is -2.20. The van der Waals surface area contributed by atoms with Gasteiger partial charge in [-0.05, 0) is 57.8 Å². The summed E-state index contributed by atoms with van der Waals surface area (Å²) in [7, 11) is 0. The Hall–Kier alpha value is -1.66. The Morgan fingerprint density at radius 2 is 0.691 bits per heavy atom. The molecule has 0 aromatic heterocycles. The fourth-order valence-corrected chi connectivity index (χ4v) is 9.51. The van der Waals surface area contributed by atoms with E-state index >= 15 is 0 Å². The SMILES string of the molecule is CCCCC/C=C\CCCCCCCC(=O)OCCCCCCCCCCCCCCCCCC(=O)NC(CO)C(O)/C=C/CCCCCCCCCCCCCCCCCCCCCCCC. The summed E-state index contributed by atoms with van der Waals surface area (Å²) in [6.45, 7) is 4.88. The summed E-state index contributed by atoms with van der Waals surface area (Å²) in [5.74, 6) is -0.0834. The minimum absolute atomic E-state index is 0.00993. The molecule has 0 aliphatic rings. The fourth-order valence-electron chi connectivity index (χ4n) is 9.51. The number of ether oxygens (including phenoxy) is 1. The molecule has 68 heavy (non-hydrogen) atoms. The smallest absolute Gasteiger partial charge is 0.305 e. The molecule has 0 aromatic carbocycles. The van der Waals surface area contributed by atoms with Gasteiger partial charge in [0.25, 0.3) is 0 Å². The van der Waals surface area contributed by atoms with Crippen molar-refractivity contribution >= 4 is 11.9 Å². The number of nitrogens with one attached hydrogen (secondary N) is 1. The quantitative estimate of drug-likeness (QED) is 0.0321. The maximum atomic E-state index is 12.5. The number of rotatable bonds is 57. The molecule has 402 valence electrons. The van der Waals surface area contributed by atoms with Crippen molar-refractivity contribution in [2.45, 2.75) is 347 Å². The summed E-state index contributed by atoms with van der Waals surface area (Å²) in [6.07, 6.45) is 70.7. The average Bonchev–Trinajstić information content (AvgIpc) is 3.34. The van der Waals surface area contributed by atoms with Crippen molar-refractivity contribution in [3.05, 3.63) is 24.3 Å². The zero-order valence-electron chi connectivity index (χ0n) is 45.9. The van der Waals surface area contributed by atoms with Crippen LogP contribution < -0.4 is 5.32 Å². The van der Waals surface area contributed by atoms with Gasteiger partial charge in [0.05, 0.1) is 25.4 Å². The van der Waals surface area contributed by atoms with Crippen LogP contribution in [0, 0.1) is 0 Å². The zero-order valence-corrected chi connectivity index (χ0v) is 45.9. The lowest BCUT2D eigenvalue weighted by molar-refractivity contribution is -0.143. The fraction of sp³-hybridized carbons (Fsp3) is 0.903. The molecule has 1 amide bonds. The normalized spacial score (nSPS) is 12.7. The van der Waals surface area contributed by atoms with Gasteiger partial charge in [0.2, 0.25) is 5.91 Å². The molecule has 0 aliphatic heterocycles. The van der Waals surface area contributed by atoms with Crippen molar-refractivity contribution in [2.24, 2.45) is 0 Å². The Kier molecular flexibility index (Phi) is 56.5. The van der Waals surface area contributed by atoms with Crippen molar-refractivity contribution < 1.29 is 24.5 Å². The number of carbonyl (C=O) groups excluding carboxylic acids is 2. The average molecular weight is 959 g/mol. The maximum Gasteiger partial charge on any atom is 0.305 e. The number of esters is 1. The molecule has 3 N–H and O–H groups in total. The second-order valence-electron chi connectivity index (χ2n) is 21.0. The lowest BCUT2D eigenvalue weighted by Crippen LogP contribution is -2.45. The van der Waals surface area contributed by atoms with Crippen LogP contribution in [0.15, 0.2) is 24.3 Å². The number of hydrogen-bond donors (Lipinski definition) is 3. The molecule has 0 saturated heterocycles. The topological polar surface area (TPSA) is 95.9 Å². The van der Waals surface area contributed by atoms with Crippen molar-refractivity contribution in [3.8, 4) is 0 Å². The Morgan fingerprint density at radius 3 is 1.07 bits per heavy atom. The number of allylic oxidation sites excluding steroid dienone is 3. The number of hydrogen-bond acceptors (Lipinski definition) is 5. The first-order chi connectivity index (χ1) is 33.5. The van der Waals surface area contributed by atoms with Gasteiger partial charge in [-0.1, -0.05) is 289 Å². The van der Waals surface area contributed by atoms with E-state index in [9.17, 15) is 19.8 Å². The predicted octanol–water partition coefficient (Wildman–Crippen LogP) is 19.0. The molecule has 0 heterocycles. The van der Waals surface area contributed by atoms with E-state index in [0.29, 0.717) is 19.4 Å². The molecule has 0 bridgehead atoms. The van der Waals surface area contributed by atoms with Crippen LogP contribution in [-0.2, 0) is 14.3 Å². The van der Waals surface area contributed by atoms with Crippen molar-refractivity contribution in [1.29, 1.82) is 0 Å². The van der Waals surface area contributed by atoms with Crippen LogP contribution in [0.5, 0.6) is 0 Å². The van der Waals surface area contributed by atoms with Gasteiger partial charge >= 0.3 is 5.97 Å². The highest BCUT2D eigenvalue weighted by atomic mass is 16.5. The molecule has 0 radical (unpaired) electrons. The van der Waals surface area contributed by atoms with E-state index in [2.05, 4.69) is 31.3 Å². The number of amides is 1. The molecule has 0 aromatic rings. The largest absolute Gasteiger partial charge is 0.466 e. The van der Waals surface area contributed by atoms with Crippen molar-refractivity contribution in [1.82, 2.24) is 5.32 Å². The van der Waals surface area contributed by atoms with Crippen LogP contribution >= 0.6 is 0 Å². The summed E-state index contributed by atoms with van der Waals surface area (Å²) in [5, 5.41) is 23.2. The second-order valence-corrected chi connectivity index (χ2v) is 21.0. The molecule has 2 atom stereocenters. The Bertz CT molecular complexity index is 1060. The third-order valence-corrected chi connectivity index (χ3v) is 14.2. The summed E-state index contributed by atoms with van der Waals surface area (Å²) in [4.78, 5) is 24.5. The third-order valence-electron chi connectivity index (χ3n) is 14.2. The number of aliphatic hydroxyl groups excluding tert-OH is 2. The zero-order chi connectivity index (χ0) is 49.3. The molecular weight excluding hydrogens is 839 g/mol. The van der Waals surface area contributed by atoms with E-state index < -0.39 is 12.1 Å². The van der Waals surface area contributed by atoms with Crippen LogP contribution in [0.3, 0.4) is 0 Å². The summed E-state index contributed by atoms with van der Waals surface area (Å²) >= 11 is 0. The molecule has 0 aliphatic carbocycles.